The van der Waals surface area contributed by atoms with E-state index in [2.05, 4.69) is 15.0 Å². The van der Waals surface area contributed by atoms with E-state index >= 15 is 0 Å². The third-order valence-electron chi connectivity index (χ3n) is 2.45. The van der Waals surface area contributed by atoms with E-state index in [1.54, 1.807) is 24.9 Å². The molecule has 3 aromatic heterocycles. The van der Waals surface area contributed by atoms with Crippen LogP contribution in [0, 0.1) is 0 Å². The van der Waals surface area contributed by atoms with E-state index < -0.39 is 0 Å². The molecule has 0 saturated carbocycles. The van der Waals surface area contributed by atoms with Gasteiger partial charge in [-0.15, -0.1) is 0 Å². The van der Waals surface area contributed by atoms with Crippen molar-refractivity contribution in [2.45, 2.75) is 0 Å². The van der Waals surface area contributed by atoms with Gasteiger partial charge in [-0.3, -0.25) is 9.55 Å². The molecule has 82 valence electrons. The minimum absolute atomic E-state index is 0.857. The molecule has 4 heteroatoms. The lowest BCUT2D eigenvalue weighted by Crippen LogP contribution is -1.91. The van der Waals surface area contributed by atoms with Gasteiger partial charge in [0.2, 0.25) is 0 Å². The number of nitrogens with zero attached hydrogens (tertiary/aromatic N) is 4. The van der Waals surface area contributed by atoms with Crippen LogP contribution in [0.2, 0.25) is 0 Å². The first-order valence-electron chi connectivity index (χ1n) is 5.29. The molecule has 0 amide bonds. The normalized spacial score (nSPS) is 10.4. The lowest BCUT2D eigenvalue weighted by Gasteiger charge is -1.98. The summed E-state index contributed by atoms with van der Waals surface area (Å²) in [7, 11) is 0. The zero-order chi connectivity index (χ0) is 11.5. The maximum atomic E-state index is 4.35. The number of hydrogen-bond acceptors (Lipinski definition) is 3. The van der Waals surface area contributed by atoms with Crippen molar-refractivity contribution in [1.29, 1.82) is 0 Å². The Balaban J connectivity index is 1.99. The summed E-state index contributed by atoms with van der Waals surface area (Å²) in [5, 5.41) is 0. The minimum atomic E-state index is 0.857. The van der Waals surface area contributed by atoms with E-state index in [0.717, 1.165) is 17.1 Å². The third-order valence-corrected chi connectivity index (χ3v) is 2.45. The van der Waals surface area contributed by atoms with Gasteiger partial charge in [-0.25, -0.2) is 9.97 Å². The Morgan fingerprint density at radius 1 is 0.941 bits per heavy atom. The Bertz CT molecular complexity index is 548. The van der Waals surface area contributed by atoms with Gasteiger partial charge >= 0.3 is 0 Å². The molecule has 0 aliphatic rings. The highest BCUT2D eigenvalue weighted by Gasteiger charge is 2.03. The maximum Gasteiger partial charge on any atom is 0.137 e. The summed E-state index contributed by atoms with van der Waals surface area (Å²) in [5.41, 5.74) is 1.89. The molecular weight excluding hydrogens is 212 g/mol. The predicted octanol–water partition coefficient (Wildman–Crippen LogP) is 2.33. The van der Waals surface area contributed by atoms with Crippen LogP contribution in [0.15, 0.2) is 61.4 Å². The molecule has 0 aliphatic heterocycles. The molecule has 3 aromatic rings. The van der Waals surface area contributed by atoms with Gasteiger partial charge in [0.1, 0.15) is 12.1 Å². The van der Waals surface area contributed by atoms with Crippen molar-refractivity contribution < 1.29 is 0 Å². The Labute approximate surface area is 98.6 Å². The first kappa shape index (κ1) is 9.72. The Morgan fingerprint density at radius 2 is 1.94 bits per heavy atom. The second-order valence-electron chi connectivity index (χ2n) is 3.60. The predicted molar refractivity (Wildman–Crippen MR) is 64.6 cm³/mol. The molecule has 17 heavy (non-hydrogen) atoms. The highest BCUT2D eigenvalue weighted by Crippen LogP contribution is 2.16. The Hall–Kier alpha value is -2.49. The van der Waals surface area contributed by atoms with E-state index in [1.165, 1.54) is 0 Å². The number of hydrogen-bond donors (Lipinski definition) is 0. The van der Waals surface area contributed by atoms with Crippen LogP contribution in [0.4, 0.5) is 0 Å². The van der Waals surface area contributed by atoms with Crippen LogP contribution in [-0.2, 0) is 0 Å². The van der Waals surface area contributed by atoms with Crippen molar-refractivity contribution in [2.75, 3.05) is 0 Å². The molecule has 0 aromatic carbocycles. The third kappa shape index (κ3) is 1.92. The van der Waals surface area contributed by atoms with Crippen molar-refractivity contribution in [3.8, 4) is 17.1 Å². The molecule has 0 fully saturated rings. The van der Waals surface area contributed by atoms with Gasteiger partial charge < -0.3 is 0 Å². The molecule has 0 radical (unpaired) electrons. The molecule has 0 spiro atoms. The minimum Gasteiger partial charge on any atom is -0.290 e. The first-order valence-corrected chi connectivity index (χ1v) is 5.29. The van der Waals surface area contributed by atoms with Gasteiger partial charge in [-0.2, -0.15) is 0 Å². The van der Waals surface area contributed by atoms with Crippen LogP contribution in [0.5, 0.6) is 0 Å². The van der Waals surface area contributed by atoms with E-state index in [4.69, 9.17) is 0 Å². The molecular formula is C13H10N4. The molecule has 3 rings (SSSR count). The second kappa shape index (κ2) is 4.17. The zero-order valence-electron chi connectivity index (χ0n) is 9.06. The summed E-state index contributed by atoms with van der Waals surface area (Å²) in [6.45, 7) is 0. The maximum absolute atomic E-state index is 4.35. The fraction of sp³-hybridized carbons (Fsp3) is 0. The van der Waals surface area contributed by atoms with Crippen molar-refractivity contribution >= 4 is 0 Å². The average Bonchev–Trinajstić information content (AvgIpc) is 2.90. The average molecular weight is 222 g/mol. The van der Waals surface area contributed by atoms with Crippen molar-refractivity contribution in [1.82, 2.24) is 19.5 Å². The summed E-state index contributed by atoms with van der Waals surface area (Å²) >= 11 is 0. The number of pyridine rings is 2. The van der Waals surface area contributed by atoms with Crippen molar-refractivity contribution in [3.05, 3.63) is 61.4 Å². The van der Waals surface area contributed by atoms with Gasteiger partial charge in [-0.05, 0) is 24.3 Å². The Morgan fingerprint density at radius 3 is 2.71 bits per heavy atom. The molecule has 4 nitrogen and oxygen atoms in total. The molecule has 0 bridgehead atoms. The smallest absolute Gasteiger partial charge is 0.137 e. The zero-order valence-corrected chi connectivity index (χ0v) is 9.06. The lowest BCUT2D eigenvalue weighted by molar-refractivity contribution is 0.993. The fourth-order valence-corrected chi connectivity index (χ4v) is 1.62. The van der Waals surface area contributed by atoms with E-state index in [1.807, 2.05) is 41.1 Å². The molecule has 3 heterocycles. The largest absolute Gasteiger partial charge is 0.290 e. The van der Waals surface area contributed by atoms with Crippen molar-refractivity contribution in [3.63, 3.8) is 0 Å². The highest BCUT2D eigenvalue weighted by molar-refractivity contribution is 5.57. The molecule has 0 N–H and O–H groups in total. The van der Waals surface area contributed by atoms with Gasteiger partial charge in [0, 0.05) is 30.4 Å². The van der Waals surface area contributed by atoms with Crippen LogP contribution >= 0.6 is 0 Å². The van der Waals surface area contributed by atoms with Crippen LogP contribution in [0.3, 0.4) is 0 Å². The summed E-state index contributed by atoms with van der Waals surface area (Å²) in [6, 6.07) is 9.66. The summed E-state index contributed by atoms with van der Waals surface area (Å²) in [4.78, 5) is 12.7. The summed E-state index contributed by atoms with van der Waals surface area (Å²) in [6.07, 6.45) is 9.01. The van der Waals surface area contributed by atoms with Gasteiger partial charge in [0.05, 0.1) is 5.69 Å². The summed E-state index contributed by atoms with van der Waals surface area (Å²) in [5.74, 6) is 0.857. The molecule has 0 unspecified atom stereocenters. The van der Waals surface area contributed by atoms with E-state index in [-0.39, 0.29) is 0 Å². The van der Waals surface area contributed by atoms with E-state index in [0.29, 0.717) is 0 Å². The molecule has 0 atom stereocenters. The number of rotatable bonds is 2. The topological polar surface area (TPSA) is 43.6 Å². The van der Waals surface area contributed by atoms with Crippen LogP contribution in [0.25, 0.3) is 17.1 Å². The highest BCUT2D eigenvalue weighted by atomic mass is 15.1. The van der Waals surface area contributed by atoms with Crippen molar-refractivity contribution in [2.24, 2.45) is 0 Å². The fourth-order valence-electron chi connectivity index (χ4n) is 1.62. The summed E-state index contributed by atoms with van der Waals surface area (Å²) < 4.78 is 1.89. The quantitative estimate of drug-likeness (QED) is 0.668. The first-order chi connectivity index (χ1) is 8.43. The SMILES string of the molecule is c1ccc(-n2cnc(-c3cccnc3)c2)nc1. The molecule has 0 aliphatic carbocycles. The van der Waals surface area contributed by atoms with Crippen LogP contribution < -0.4 is 0 Å². The van der Waals surface area contributed by atoms with Gasteiger partial charge in [-0.1, -0.05) is 6.07 Å². The van der Waals surface area contributed by atoms with Gasteiger partial charge in [0.15, 0.2) is 0 Å². The van der Waals surface area contributed by atoms with Crippen LogP contribution in [0.1, 0.15) is 0 Å². The lowest BCUT2D eigenvalue weighted by atomic mass is 10.2. The van der Waals surface area contributed by atoms with Gasteiger partial charge in [0.25, 0.3) is 0 Å². The van der Waals surface area contributed by atoms with Crippen LogP contribution in [-0.4, -0.2) is 19.5 Å². The molecule has 0 saturated heterocycles. The number of aromatic nitrogens is 4. The second-order valence-corrected chi connectivity index (χ2v) is 3.60. The number of imidazole rings is 1. The van der Waals surface area contributed by atoms with E-state index in [9.17, 15) is 0 Å². The Kier molecular flexibility index (Phi) is 2.38. The standard InChI is InChI=1S/C13H10N4/c1-2-7-15-13(5-1)17-9-12(16-10-17)11-4-3-6-14-8-11/h1-10H. The monoisotopic (exact) mass is 222 g/mol.